The van der Waals surface area contributed by atoms with Gasteiger partial charge in [-0.25, -0.2) is 0 Å². The van der Waals surface area contributed by atoms with Crippen molar-refractivity contribution < 1.29 is 10.0 Å². The molecule has 0 aliphatic carbocycles. The first-order chi connectivity index (χ1) is 7.16. The highest BCUT2D eigenvalue weighted by atomic mass is 16.6. The summed E-state index contributed by atoms with van der Waals surface area (Å²) in [6, 6.07) is 0. The van der Waals surface area contributed by atoms with Crippen LogP contribution in [0.2, 0.25) is 0 Å². The van der Waals surface area contributed by atoms with Gasteiger partial charge < -0.3 is 5.11 Å². The maximum Gasteiger partial charge on any atom is 0.229 e. The summed E-state index contributed by atoms with van der Waals surface area (Å²) in [4.78, 5) is 9.61. The predicted molar refractivity (Wildman–Crippen MR) is 60.5 cm³/mol. The number of hydrogen-bond acceptors (Lipinski definition) is 3. The monoisotopic (exact) mass is 217 g/mol. The third-order valence-corrected chi connectivity index (χ3v) is 2.50. The molecule has 0 aliphatic heterocycles. The van der Waals surface area contributed by atoms with Crippen LogP contribution in [0.4, 0.5) is 0 Å². The van der Waals surface area contributed by atoms with E-state index in [0.717, 1.165) is 12.8 Å². The molecular weight excluding hydrogens is 194 g/mol. The van der Waals surface area contributed by atoms with E-state index in [1.54, 1.807) is 0 Å². The second kappa shape index (κ2) is 9.90. The molecule has 0 saturated heterocycles. The lowest BCUT2D eigenvalue weighted by atomic mass is 10.1. The lowest BCUT2D eigenvalue weighted by molar-refractivity contribution is -0.490. The summed E-state index contributed by atoms with van der Waals surface area (Å²) in [6.45, 7) is 1.88. The van der Waals surface area contributed by atoms with Crippen LogP contribution in [-0.4, -0.2) is 22.7 Å². The fraction of sp³-hybridized carbons (Fsp3) is 1.00. The summed E-state index contributed by atoms with van der Waals surface area (Å²) in [5, 5.41) is 19.3. The van der Waals surface area contributed by atoms with Gasteiger partial charge >= 0.3 is 0 Å². The van der Waals surface area contributed by atoms with Crippen LogP contribution in [0.25, 0.3) is 0 Å². The van der Waals surface area contributed by atoms with Gasteiger partial charge in [-0.1, -0.05) is 51.9 Å². The molecule has 0 bridgehead atoms. The second-order valence-electron chi connectivity index (χ2n) is 4.08. The highest BCUT2D eigenvalue weighted by Crippen LogP contribution is 2.09. The van der Waals surface area contributed by atoms with Crippen LogP contribution < -0.4 is 0 Å². The van der Waals surface area contributed by atoms with Crippen molar-refractivity contribution in [1.29, 1.82) is 0 Å². The SMILES string of the molecule is CCCCCCCCC[C@@H](O)C[N+](=O)[O-]. The minimum Gasteiger partial charge on any atom is -0.386 e. The minimum absolute atomic E-state index is 0.310. The van der Waals surface area contributed by atoms with E-state index in [-0.39, 0.29) is 6.54 Å². The lowest BCUT2D eigenvalue weighted by Gasteiger charge is -2.05. The summed E-state index contributed by atoms with van der Waals surface area (Å²) in [7, 11) is 0. The molecule has 90 valence electrons. The average Bonchev–Trinajstić information content (AvgIpc) is 2.15. The normalized spacial score (nSPS) is 12.7. The number of unbranched alkanes of at least 4 members (excludes halogenated alkanes) is 6. The van der Waals surface area contributed by atoms with Gasteiger partial charge in [-0.2, -0.15) is 0 Å². The zero-order chi connectivity index (χ0) is 11.5. The Morgan fingerprint density at radius 1 is 1.13 bits per heavy atom. The Hall–Kier alpha value is -0.640. The largest absolute Gasteiger partial charge is 0.386 e. The van der Waals surface area contributed by atoms with Gasteiger partial charge in [0, 0.05) is 4.92 Å². The Morgan fingerprint density at radius 3 is 2.20 bits per heavy atom. The van der Waals surface area contributed by atoms with Crippen molar-refractivity contribution >= 4 is 0 Å². The maximum atomic E-state index is 10.1. The van der Waals surface area contributed by atoms with Crippen molar-refractivity contribution in [2.75, 3.05) is 6.54 Å². The Labute approximate surface area is 91.8 Å². The zero-order valence-corrected chi connectivity index (χ0v) is 9.65. The Bertz CT molecular complexity index is 162. The summed E-state index contributed by atoms with van der Waals surface area (Å²) in [6.07, 6.45) is 8.06. The molecule has 0 heterocycles. The van der Waals surface area contributed by atoms with Gasteiger partial charge in [0.05, 0.1) is 0 Å². The highest BCUT2D eigenvalue weighted by molar-refractivity contribution is 4.54. The molecule has 0 amide bonds. The zero-order valence-electron chi connectivity index (χ0n) is 9.65. The van der Waals surface area contributed by atoms with Crippen molar-refractivity contribution in [1.82, 2.24) is 0 Å². The molecule has 0 rings (SSSR count). The molecule has 0 fully saturated rings. The smallest absolute Gasteiger partial charge is 0.229 e. The molecule has 0 aliphatic rings. The highest BCUT2D eigenvalue weighted by Gasteiger charge is 2.09. The molecule has 15 heavy (non-hydrogen) atoms. The molecule has 4 nitrogen and oxygen atoms in total. The fourth-order valence-electron chi connectivity index (χ4n) is 1.60. The third-order valence-electron chi connectivity index (χ3n) is 2.50. The molecule has 0 aromatic carbocycles. The summed E-state index contributed by atoms with van der Waals surface area (Å²) in [5.41, 5.74) is 0. The van der Waals surface area contributed by atoms with Gasteiger partial charge in [0.1, 0.15) is 6.10 Å². The standard InChI is InChI=1S/C11H23NO3/c1-2-3-4-5-6-7-8-9-11(13)10-12(14)15/h11,13H,2-10H2,1H3/t11-/m1/s1. The molecule has 4 heteroatoms. The van der Waals surface area contributed by atoms with E-state index in [1.165, 1.54) is 32.1 Å². The van der Waals surface area contributed by atoms with Crippen molar-refractivity contribution in [3.05, 3.63) is 10.1 Å². The molecular formula is C11H23NO3. The number of rotatable bonds is 10. The van der Waals surface area contributed by atoms with Crippen molar-refractivity contribution in [3.8, 4) is 0 Å². The van der Waals surface area contributed by atoms with E-state index < -0.39 is 11.0 Å². The number of nitrogens with zero attached hydrogens (tertiary/aromatic N) is 1. The first kappa shape index (κ1) is 14.4. The maximum absolute atomic E-state index is 10.1. The van der Waals surface area contributed by atoms with E-state index in [0.29, 0.717) is 6.42 Å². The molecule has 1 N–H and O–H groups in total. The molecule has 1 atom stereocenters. The van der Waals surface area contributed by atoms with Crippen molar-refractivity contribution in [2.24, 2.45) is 0 Å². The van der Waals surface area contributed by atoms with Crippen LogP contribution in [0, 0.1) is 10.1 Å². The topological polar surface area (TPSA) is 63.4 Å². The van der Waals surface area contributed by atoms with Gasteiger partial charge in [0.2, 0.25) is 6.54 Å². The summed E-state index contributed by atoms with van der Waals surface area (Å²) < 4.78 is 0. The number of aliphatic hydroxyl groups excluding tert-OH is 1. The van der Waals surface area contributed by atoms with Crippen LogP contribution in [0.3, 0.4) is 0 Å². The van der Waals surface area contributed by atoms with Gasteiger partial charge in [-0.05, 0) is 6.42 Å². The average molecular weight is 217 g/mol. The fourth-order valence-corrected chi connectivity index (χ4v) is 1.60. The molecule has 0 saturated carbocycles. The van der Waals surface area contributed by atoms with Crippen LogP contribution in [0.1, 0.15) is 58.3 Å². The third kappa shape index (κ3) is 11.3. The number of aliphatic hydroxyl groups is 1. The van der Waals surface area contributed by atoms with E-state index in [4.69, 9.17) is 0 Å². The second-order valence-corrected chi connectivity index (χ2v) is 4.08. The van der Waals surface area contributed by atoms with Gasteiger partial charge in [-0.3, -0.25) is 10.1 Å². The summed E-state index contributed by atoms with van der Waals surface area (Å²) in [5.74, 6) is 0. The molecule has 0 spiro atoms. The van der Waals surface area contributed by atoms with E-state index >= 15 is 0 Å². The van der Waals surface area contributed by atoms with E-state index in [1.807, 2.05) is 0 Å². The first-order valence-corrected chi connectivity index (χ1v) is 5.96. The van der Waals surface area contributed by atoms with Gasteiger partial charge in [0.25, 0.3) is 0 Å². The Morgan fingerprint density at radius 2 is 1.67 bits per heavy atom. The van der Waals surface area contributed by atoms with Crippen LogP contribution >= 0.6 is 0 Å². The Kier molecular flexibility index (Phi) is 9.48. The molecule has 0 radical (unpaired) electrons. The van der Waals surface area contributed by atoms with Crippen LogP contribution in [0.15, 0.2) is 0 Å². The van der Waals surface area contributed by atoms with E-state index in [2.05, 4.69) is 6.92 Å². The van der Waals surface area contributed by atoms with Crippen LogP contribution in [-0.2, 0) is 0 Å². The lowest BCUT2D eigenvalue weighted by Crippen LogP contribution is -2.18. The first-order valence-electron chi connectivity index (χ1n) is 5.96. The van der Waals surface area contributed by atoms with E-state index in [9.17, 15) is 15.2 Å². The summed E-state index contributed by atoms with van der Waals surface area (Å²) >= 11 is 0. The Balaban J connectivity index is 3.13. The number of hydrogen-bond donors (Lipinski definition) is 1. The van der Waals surface area contributed by atoms with Crippen molar-refractivity contribution in [2.45, 2.75) is 64.4 Å². The molecule has 0 unspecified atom stereocenters. The number of nitro groups is 1. The predicted octanol–water partition coefficient (Wildman–Crippen LogP) is 2.76. The van der Waals surface area contributed by atoms with Crippen LogP contribution in [0.5, 0.6) is 0 Å². The molecule has 0 aromatic rings. The molecule has 0 aromatic heterocycles. The quantitative estimate of drug-likeness (QED) is 0.347. The van der Waals surface area contributed by atoms with Crippen molar-refractivity contribution in [3.63, 3.8) is 0 Å². The van der Waals surface area contributed by atoms with Gasteiger partial charge in [0.15, 0.2) is 0 Å². The minimum atomic E-state index is -0.754. The van der Waals surface area contributed by atoms with Gasteiger partial charge in [-0.15, -0.1) is 0 Å².